The van der Waals surface area contributed by atoms with Crippen LogP contribution in [0.5, 0.6) is 5.75 Å². The summed E-state index contributed by atoms with van der Waals surface area (Å²) >= 11 is 0. The van der Waals surface area contributed by atoms with Gasteiger partial charge in [0.1, 0.15) is 17.5 Å². The maximum Gasteiger partial charge on any atom is 0.410 e. The summed E-state index contributed by atoms with van der Waals surface area (Å²) in [7, 11) is 0. The number of aromatic nitrogens is 1. The van der Waals surface area contributed by atoms with Crippen molar-refractivity contribution in [1.29, 1.82) is 0 Å². The molecule has 182 valence electrons. The summed E-state index contributed by atoms with van der Waals surface area (Å²) in [5.74, 6) is 0.658. The molecule has 1 aromatic carbocycles. The molecule has 8 nitrogen and oxygen atoms in total. The van der Waals surface area contributed by atoms with Crippen LogP contribution in [0, 0.1) is 0 Å². The quantitative estimate of drug-likeness (QED) is 0.720. The third-order valence-corrected chi connectivity index (χ3v) is 6.05. The smallest absolute Gasteiger partial charge is 0.410 e. The Morgan fingerprint density at radius 2 is 1.76 bits per heavy atom. The molecule has 1 N–H and O–H groups in total. The molecule has 1 atom stereocenters. The molecule has 4 rings (SSSR count). The molecule has 0 saturated carbocycles. The maximum atomic E-state index is 12.7. The fourth-order valence-corrected chi connectivity index (χ4v) is 4.28. The molecule has 0 bridgehead atoms. The molecule has 0 aliphatic carbocycles. The Labute approximate surface area is 201 Å². The molecule has 0 unspecified atom stereocenters. The van der Waals surface area contributed by atoms with Crippen molar-refractivity contribution >= 4 is 17.7 Å². The van der Waals surface area contributed by atoms with Gasteiger partial charge in [-0.25, -0.2) is 4.79 Å². The predicted octanol–water partition coefficient (Wildman–Crippen LogP) is 3.87. The summed E-state index contributed by atoms with van der Waals surface area (Å²) in [6, 6.07) is 11.4. The van der Waals surface area contributed by atoms with Crippen LogP contribution in [0.4, 0.5) is 10.5 Å². The lowest BCUT2D eigenvalue weighted by molar-refractivity contribution is 0.0126. The van der Waals surface area contributed by atoms with Crippen LogP contribution in [0.25, 0.3) is 0 Å². The molecule has 3 heterocycles. The number of anilines is 1. The number of likely N-dealkylation sites (tertiary alicyclic amines) is 1. The molecule has 2 amide bonds. The topological polar surface area (TPSA) is 84.0 Å². The highest BCUT2D eigenvalue weighted by atomic mass is 16.6. The van der Waals surface area contributed by atoms with Crippen molar-refractivity contribution in [3.05, 3.63) is 54.4 Å². The van der Waals surface area contributed by atoms with E-state index in [0.29, 0.717) is 18.7 Å². The second-order valence-corrected chi connectivity index (χ2v) is 9.93. The number of ether oxygens (including phenoxy) is 2. The predicted molar refractivity (Wildman–Crippen MR) is 130 cm³/mol. The van der Waals surface area contributed by atoms with Crippen molar-refractivity contribution in [2.75, 3.05) is 31.1 Å². The lowest BCUT2D eigenvalue weighted by Crippen LogP contribution is -2.44. The molecule has 0 radical (unpaired) electrons. The number of benzene rings is 1. The van der Waals surface area contributed by atoms with Gasteiger partial charge in [0.2, 0.25) is 0 Å². The highest BCUT2D eigenvalue weighted by Crippen LogP contribution is 2.22. The zero-order chi connectivity index (χ0) is 24.1. The van der Waals surface area contributed by atoms with Gasteiger partial charge in [-0.05, 0) is 63.6 Å². The highest BCUT2D eigenvalue weighted by molar-refractivity contribution is 5.94. The lowest BCUT2D eigenvalue weighted by Gasteiger charge is -2.33. The first-order valence-electron chi connectivity index (χ1n) is 12.0. The van der Waals surface area contributed by atoms with E-state index in [1.807, 2.05) is 51.2 Å². The fraction of sp³-hybridized carbons (Fsp3) is 0.500. The summed E-state index contributed by atoms with van der Waals surface area (Å²) in [5, 5.41) is 3.14. The minimum absolute atomic E-state index is 0.0373. The molecule has 8 heteroatoms. The average Bonchev–Trinajstić information content (AvgIpc) is 3.28. The number of carbonyl (C=O) groups excluding carboxylic acids is 2. The van der Waals surface area contributed by atoms with Crippen LogP contribution in [-0.4, -0.2) is 65.8 Å². The lowest BCUT2D eigenvalue weighted by atomic mass is 10.1. The molecular formula is C26H34N4O4. The largest absolute Gasteiger partial charge is 0.490 e. The summed E-state index contributed by atoms with van der Waals surface area (Å²) in [6.07, 6.45) is 5.78. The Morgan fingerprint density at radius 1 is 1.03 bits per heavy atom. The van der Waals surface area contributed by atoms with E-state index in [-0.39, 0.29) is 24.1 Å². The Morgan fingerprint density at radius 3 is 2.41 bits per heavy atom. The van der Waals surface area contributed by atoms with Gasteiger partial charge in [0, 0.05) is 56.8 Å². The van der Waals surface area contributed by atoms with Crippen LogP contribution < -0.4 is 15.0 Å². The molecule has 1 aromatic heterocycles. The third-order valence-electron chi connectivity index (χ3n) is 6.05. The Balaban J connectivity index is 1.22. The van der Waals surface area contributed by atoms with Crippen molar-refractivity contribution < 1.29 is 19.1 Å². The first-order valence-corrected chi connectivity index (χ1v) is 12.0. The van der Waals surface area contributed by atoms with Gasteiger partial charge in [0.05, 0.1) is 11.9 Å². The van der Waals surface area contributed by atoms with Crippen LogP contribution >= 0.6 is 0 Å². The van der Waals surface area contributed by atoms with Crippen LogP contribution in [0.1, 0.15) is 50.4 Å². The van der Waals surface area contributed by atoms with Crippen molar-refractivity contribution in [3.8, 4) is 5.75 Å². The Kier molecular flexibility index (Phi) is 7.24. The highest BCUT2D eigenvalue weighted by Gasteiger charge is 2.28. The zero-order valence-corrected chi connectivity index (χ0v) is 20.2. The van der Waals surface area contributed by atoms with Gasteiger partial charge < -0.3 is 24.6 Å². The van der Waals surface area contributed by atoms with Gasteiger partial charge in [-0.2, -0.15) is 0 Å². The number of nitrogens with zero attached hydrogens (tertiary/aromatic N) is 3. The van der Waals surface area contributed by atoms with E-state index in [0.717, 1.165) is 43.8 Å². The number of piperidine rings is 1. The van der Waals surface area contributed by atoms with Gasteiger partial charge >= 0.3 is 6.09 Å². The van der Waals surface area contributed by atoms with E-state index >= 15 is 0 Å². The molecule has 2 fully saturated rings. The SMILES string of the molecule is CC(C)(C)OC(=O)N1CCC(Oc2ccc(C(=O)N[C@@H]3CCN(c4cccnc4)C3)cc2)CC1. The van der Waals surface area contributed by atoms with Crippen LogP contribution in [0.3, 0.4) is 0 Å². The van der Waals surface area contributed by atoms with E-state index in [4.69, 9.17) is 9.47 Å². The van der Waals surface area contributed by atoms with Gasteiger partial charge in [-0.1, -0.05) is 0 Å². The van der Waals surface area contributed by atoms with Gasteiger partial charge in [0.25, 0.3) is 5.91 Å². The van der Waals surface area contributed by atoms with Crippen LogP contribution in [0.2, 0.25) is 0 Å². The number of hydrogen-bond acceptors (Lipinski definition) is 6. The first-order chi connectivity index (χ1) is 16.3. The number of rotatable bonds is 5. The van der Waals surface area contributed by atoms with Crippen LogP contribution in [-0.2, 0) is 4.74 Å². The Hall–Kier alpha value is -3.29. The van der Waals surface area contributed by atoms with Gasteiger partial charge in [-0.3, -0.25) is 9.78 Å². The maximum absolute atomic E-state index is 12.7. The van der Waals surface area contributed by atoms with E-state index in [1.165, 1.54) is 0 Å². The number of nitrogens with one attached hydrogen (secondary N) is 1. The molecule has 2 aliphatic heterocycles. The number of pyridine rings is 1. The number of hydrogen-bond donors (Lipinski definition) is 1. The summed E-state index contributed by atoms with van der Waals surface area (Å²) < 4.78 is 11.5. The molecule has 2 aromatic rings. The first kappa shape index (κ1) is 23.9. The third kappa shape index (κ3) is 6.40. The zero-order valence-electron chi connectivity index (χ0n) is 20.2. The van der Waals surface area contributed by atoms with E-state index in [2.05, 4.69) is 15.2 Å². The molecular weight excluding hydrogens is 432 g/mol. The normalized spacial score (nSPS) is 19.1. The van der Waals surface area contributed by atoms with Crippen LogP contribution in [0.15, 0.2) is 48.8 Å². The van der Waals surface area contributed by atoms with E-state index in [9.17, 15) is 9.59 Å². The summed E-state index contributed by atoms with van der Waals surface area (Å²) in [6.45, 7) is 8.51. The number of amides is 2. The van der Waals surface area contributed by atoms with E-state index in [1.54, 1.807) is 23.2 Å². The Bertz CT molecular complexity index is 967. The molecule has 34 heavy (non-hydrogen) atoms. The van der Waals surface area contributed by atoms with E-state index < -0.39 is 5.60 Å². The fourth-order valence-electron chi connectivity index (χ4n) is 4.28. The average molecular weight is 467 g/mol. The number of carbonyl (C=O) groups is 2. The van der Waals surface area contributed by atoms with Crippen molar-refractivity contribution in [2.24, 2.45) is 0 Å². The monoisotopic (exact) mass is 466 g/mol. The second kappa shape index (κ2) is 10.3. The molecule has 0 spiro atoms. The standard InChI is InChI=1S/C26H34N4O4/c1-26(2,3)34-25(32)29-15-11-23(12-16-29)33-22-8-6-19(7-9-22)24(31)28-20-10-14-30(18-20)21-5-4-13-27-17-21/h4-9,13,17,20,23H,10-12,14-16,18H2,1-3H3,(H,28,31)/t20-/m1/s1. The van der Waals surface area contributed by atoms with Crippen molar-refractivity contribution in [2.45, 2.75) is 57.8 Å². The van der Waals surface area contributed by atoms with Crippen molar-refractivity contribution in [1.82, 2.24) is 15.2 Å². The van der Waals surface area contributed by atoms with Gasteiger partial charge in [-0.15, -0.1) is 0 Å². The van der Waals surface area contributed by atoms with Gasteiger partial charge in [0.15, 0.2) is 0 Å². The van der Waals surface area contributed by atoms with Crippen molar-refractivity contribution in [3.63, 3.8) is 0 Å². The molecule has 2 aliphatic rings. The summed E-state index contributed by atoms with van der Waals surface area (Å²) in [5.41, 5.74) is 1.21. The summed E-state index contributed by atoms with van der Waals surface area (Å²) in [4.78, 5) is 33.1. The molecule has 2 saturated heterocycles. The second-order valence-electron chi connectivity index (χ2n) is 9.93. The minimum Gasteiger partial charge on any atom is -0.490 e. The minimum atomic E-state index is -0.491.